The summed E-state index contributed by atoms with van der Waals surface area (Å²) in [4.78, 5) is 42.1. The first-order chi connectivity index (χ1) is 12.5. The van der Waals surface area contributed by atoms with Gasteiger partial charge in [0.25, 0.3) is 5.91 Å². The molecule has 2 amide bonds. The van der Waals surface area contributed by atoms with Gasteiger partial charge in [0, 0.05) is 11.9 Å². The third-order valence-electron chi connectivity index (χ3n) is 4.04. The van der Waals surface area contributed by atoms with Crippen molar-refractivity contribution in [3.63, 3.8) is 0 Å². The molecule has 2 unspecified atom stereocenters. The summed E-state index contributed by atoms with van der Waals surface area (Å²) in [6.07, 6.45) is 4.38. The van der Waals surface area contributed by atoms with Crippen LogP contribution < -0.4 is 10.6 Å². The Morgan fingerprint density at radius 2 is 1.92 bits per heavy atom. The van der Waals surface area contributed by atoms with E-state index in [0.29, 0.717) is 12.7 Å². The highest BCUT2D eigenvalue weighted by molar-refractivity contribution is 5.95. The quantitative estimate of drug-likeness (QED) is 0.591. The third-order valence-corrected chi connectivity index (χ3v) is 4.04. The second-order valence-corrected chi connectivity index (χ2v) is 6.10. The Balaban J connectivity index is 1.86. The Morgan fingerprint density at radius 1 is 1.19 bits per heavy atom. The zero-order valence-corrected chi connectivity index (χ0v) is 15.0. The van der Waals surface area contributed by atoms with Gasteiger partial charge in [-0.05, 0) is 31.7 Å². The average Bonchev–Trinajstić information content (AvgIpc) is 3.14. The molecule has 2 aromatic rings. The molecular formula is C19H24N4O3. The number of aromatic nitrogens is 2. The van der Waals surface area contributed by atoms with Crippen LogP contribution in [0, 0.1) is 0 Å². The number of H-pyrrole nitrogens is 1. The van der Waals surface area contributed by atoms with E-state index in [2.05, 4.69) is 20.6 Å². The number of carbonyl (C=O) groups is 3. The summed E-state index contributed by atoms with van der Waals surface area (Å²) in [6.45, 7) is 3.35. The number of carbonyl (C=O) groups excluding carboxylic acids is 3. The molecule has 0 saturated carbocycles. The lowest BCUT2D eigenvalue weighted by molar-refractivity contribution is -0.125. The summed E-state index contributed by atoms with van der Waals surface area (Å²) in [5.41, 5.74) is 2.06. The lowest BCUT2D eigenvalue weighted by Gasteiger charge is -2.16. The summed E-state index contributed by atoms with van der Waals surface area (Å²) < 4.78 is 0. The number of aldehydes is 1. The summed E-state index contributed by atoms with van der Waals surface area (Å²) >= 11 is 0. The van der Waals surface area contributed by atoms with E-state index < -0.39 is 23.9 Å². The minimum atomic E-state index is -0.769. The highest BCUT2D eigenvalue weighted by Crippen LogP contribution is 2.06. The van der Waals surface area contributed by atoms with Crippen LogP contribution >= 0.6 is 0 Å². The second-order valence-electron chi connectivity index (χ2n) is 6.10. The first kappa shape index (κ1) is 19.4. The van der Waals surface area contributed by atoms with Crippen molar-refractivity contribution in [1.29, 1.82) is 0 Å². The van der Waals surface area contributed by atoms with Crippen LogP contribution in [0.3, 0.4) is 0 Å². The van der Waals surface area contributed by atoms with Gasteiger partial charge in [-0.1, -0.05) is 37.3 Å². The van der Waals surface area contributed by atoms with Crippen LogP contribution in [0.15, 0.2) is 36.5 Å². The van der Waals surface area contributed by atoms with E-state index in [1.807, 2.05) is 30.3 Å². The van der Waals surface area contributed by atoms with Gasteiger partial charge in [-0.25, -0.2) is 4.98 Å². The monoisotopic (exact) mass is 356 g/mol. The fraction of sp³-hybridized carbons (Fsp3) is 0.368. The smallest absolute Gasteiger partial charge is 0.287 e. The van der Waals surface area contributed by atoms with Gasteiger partial charge in [0.2, 0.25) is 5.91 Å². The molecule has 1 aromatic heterocycles. The summed E-state index contributed by atoms with van der Waals surface area (Å²) in [7, 11) is 0. The topological polar surface area (TPSA) is 104 Å². The lowest BCUT2D eigenvalue weighted by Crippen LogP contribution is -2.48. The highest BCUT2D eigenvalue weighted by atomic mass is 16.2. The van der Waals surface area contributed by atoms with Gasteiger partial charge in [0.1, 0.15) is 12.3 Å². The van der Waals surface area contributed by atoms with Crippen molar-refractivity contribution < 1.29 is 14.4 Å². The van der Waals surface area contributed by atoms with E-state index in [1.165, 1.54) is 5.56 Å². The zero-order valence-electron chi connectivity index (χ0n) is 15.0. The van der Waals surface area contributed by atoms with Gasteiger partial charge in [-0.3, -0.25) is 9.59 Å². The molecule has 138 valence electrons. The predicted octanol–water partition coefficient (Wildman–Crippen LogP) is 1.41. The molecule has 0 aliphatic carbocycles. The number of imidazole rings is 1. The molecular weight excluding hydrogens is 332 g/mol. The van der Waals surface area contributed by atoms with Crippen LogP contribution in [-0.4, -0.2) is 40.2 Å². The van der Waals surface area contributed by atoms with E-state index in [9.17, 15) is 14.4 Å². The summed E-state index contributed by atoms with van der Waals surface area (Å²) in [5, 5.41) is 5.14. The molecule has 0 aliphatic rings. The number of amides is 2. The molecule has 0 saturated heterocycles. The molecule has 3 N–H and O–H groups in total. The molecule has 0 spiro atoms. The van der Waals surface area contributed by atoms with E-state index >= 15 is 0 Å². The third kappa shape index (κ3) is 5.54. The normalized spacial score (nSPS) is 12.8. The maximum absolute atomic E-state index is 12.2. The first-order valence-corrected chi connectivity index (χ1v) is 8.67. The number of nitrogens with zero attached hydrogens (tertiary/aromatic N) is 1. The number of hydrogen-bond donors (Lipinski definition) is 3. The maximum Gasteiger partial charge on any atom is 0.287 e. The van der Waals surface area contributed by atoms with Crippen molar-refractivity contribution in [3.8, 4) is 0 Å². The minimum Gasteiger partial charge on any atom is -0.345 e. The Bertz CT molecular complexity index is 742. The molecule has 1 heterocycles. The fourth-order valence-corrected chi connectivity index (χ4v) is 2.40. The number of aryl methyl sites for hydroxylation is 2. The molecule has 0 aliphatic heterocycles. The van der Waals surface area contributed by atoms with Gasteiger partial charge >= 0.3 is 0 Å². The van der Waals surface area contributed by atoms with Crippen LogP contribution in [0.2, 0.25) is 0 Å². The molecule has 0 fully saturated rings. The van der Waals surface area contributed by atoms with E-state index in [0.717, 1.165) is 18.5 Å². The van der Waals surface area contributed by atoms with Crippen LogP contribution in [-0.2, 0) is 22.4 Å². The lowest BCUT2D eigenvalue weighted by atomic mass is 10.1. The number of rotatable bonds is 9. The molecule has 26 heavy (non-hydrogen) atoms. The molecule has 0 bridgehead atoms. The largest absolute Gasteiger partial charge is 0.345 e. The Hall–Kier alpha value is -2.96. The summed E-state index contributed by atoms with van der Waals surface area (Å²) in [5.74, 6) is -0.707. The van der Waals surface area contributed by atoms with Crippen molar-refractivity contribution in [2.75, 3.05) is 0 Å². The molecule has 0 radical (unpaired) electrons. The molecule has 2 rings (SSSR count). The van der Waals surface area contributed by atoms with Crippen molar-refractivity contribution in [3.05, 3.63) is 53.6 Å². The average molecular weight is 356 g/mol. The zero-order chi connectivity index (χ0) is 18.9. The predicted molar refractivity (Wildman–Crippen MR) is 97.7 cm³/mol. The van der Waals surface area contributed by atoms with E-state index in [-0.39, 0.29) is 5.82 Å². The van der Waals surface area contributed by atoms with Crippen LogP contribution in [0.25, 0.3) is 0 Å². The SMILES string of the molecule is CCC(C=O)NC(=O)C(C)NC(=O)c1ncc(CCc2ccccc2)[nH]1. The van der Waals surface area contributed by atoms with Crippen molar-refractivity contribution >= 4 is 18.1 Å². The first-order valence-electron chi connectivity index (χ1n) is 8.67. The van der Waals surface area contributed by atoms with E-state index in [4.69, 9.17) is 0 Å². The molecule has 7 nitrogen and oxygen atoms in total. The van der Waals surface area contributed by atoms with Crippen molar-refractivity contribution in [2.24, 2.45) is 0 Å². The maximum atomic E-state index is 12.2. The second kappa shape index (κ2) is 9.50. The molecule has 7 heteroatoms. The number of hydrogen-bond acceptors (Lipinski definition) is 4. The van der Waals surface area contributed by atoms with Gasteiger partial charge in [0.05, 0.1) is 6.04 Å². The van der Waals surface area contributed by atoms with Crippen LogP contribution in [0.4, 0.5) is 0 Å². The highest BCUT2D eigenvalue weighted by Gasteiger charge is 2.20. The number of nitrogens with one attached hydrogen (secondary N) is 3. The van der Waals surface area contributed by atoms with Gasteiger partial charge in [-0.15, -0.1) is 0 Å². The summed E-state index contributed by atoms with van der Waals surface area (Å²) in [6, 6.07) is 8.73. The minimum absolute atomic E-state index is 0.162. The van der Waals surface area contributed by atoms with Gasteiger partial charge in [0.15, 0.2) is 5.82 Å². The standard InChI is InChI=1S/C19H24N4O3/c1-3-15(12-24)23-18(25)13(2)21-19(26)17-20-11-16(22-17)10-9-14-7-5-4-6-8-14/h4-8,11-13,15H,3,9-10H2,1-2H3,(H,20,22)(H,21,26)(H,23,25). The van der Waals surface area contributed by atoms with E-state index in [1.54, 1.807) is 20.0 Å². The van der Waals surface area contributed by atoms with Crippen molar-refractivity contribution in [1.82, 2.24) is 20.6 Å². The Labute approximate surface area is 152 Å². The van der Waals surface area contributed by atoms with Gasteiger partial charge < -0.3 is 20.4 Å². The number of aromatic amines is 1. The van der Waals surface area contributed by atoms with Gasteiger partial charge in [-0.2, -0.15) is 0 Å². The number of benzene rings is 1. The van der Waals surface area contributed by atoms with Crippen molar-refractivity contribution in [2.45, 2.75) is 45.2 Å². The fourth-order valence-electron chi connectivity index (χ4n) is 2.40. The molecule has 2 atom stereocenters. The Morgan fingerprint density at radius 3 is 2.58 bits per heavy atom. The molecule has 1 aromatic carbocycles. The van der Waals surface area contributed by atoms with Crippen LogP contribution in [0.5, 0.6) is 0 Å². The van der Waals surface area contributed by atoms with Crippen LogP contribution in [0.1, 0.15) is 42.1 Å². The Kier molecular flexibility index (Phi) is 7.08.